The third kappa shape index (κ3) is 2.15. The minimum absolute atomic E-state index is 0.267. The fourth-order valence-corrected chi connectivity index (χ4v) is 4.57. The smallest absolute Gasteiger partial charge is 0.267 e. The van der Waals surface area contributed by atoms with E-state index in [1.807, 2.05) is 31.3 Å². The molecular formula is C20H23N3O3-2. The van der Waals surface area contributed by atoms with Crippen LogP contribution in [0.15, 0.2) is 40.8 Å². The molecule has 1 aromatic heterocycles. The molecule has 2 aromatic rings. The monoisotopic (exact) mass is 353 g/mol. The van der Waals surface area contributed by atoms with Gasteiger partial charge in [0.15, 0.2) is 0 Å². The summed E-state index contributed by atoms with van der Waals surface area (Å²) < 4.78 is 0. The van der Waals surface area contributed by atoms with Crippen molar-refractivity contribution in [2.24, 2.45) is 5.92 Å². The molecule has 0 amide bonds. The van der Waals surface area contributed by atoms with Crippen LogP contribution in [0.5, 0.6) is 0 Å². The second-order valence-corrected chi connectivity index (χ2v) is 7.90. The maximum Gasteiger partial charge on any atom is 0.267 e. The van der Waals surface area contributed by atoms with Crippen LogP contribution < -0.4 is 20.7 Å². The van der Waals surface area contributed by atoms with Crippen LogP contribution in [-0.2, 0) is 5.41 Å². The van der Waals surface area contributed by atoms with Gasteiger partial charge in [-0.1, -0.05) is 38.1 Å². The molecule has 4 rings (SSSR count). The average Bonchev–Trinajstić information content (AvgIpc) is 3.03. The van der Waals surface area contributed by atoms with Gasteiger partial charge in [-0.05, 0) is 30.4 Å². The highest BCUT2D eigenvalue weighted by molar-refractivity contribution is 5.69. The number of nitrogens with one attached hydrogen (secondary N) is 2. The predicted octanol–water partition coefficient (Wildman–Crippen LogP) is 0.494. The summed E-state index contributed by atoms with van der Waals surface area (Å²) in [7, 11) is 1.97. The maximum absolute atomic E-state index is 12.8. The molecule has 0 radical (unpaired) electrons. The molecular weight excluding hydrogens is 330 g/mol. The second-order valence-electron chi connectivity index (χ2n) is 7.90. The van der Waals surface area contributed by atoms with Crippen LogP contribution in [0, 0.1) is 12.8 Å². The second kappa shape index (κ2) is 5.59. The van der Waals surface area contributed by atoms with Crippen LogP contribution in [0.3, 0.4) is 0 Å². The largest absolute Gasteiger partial charge is 0.851 e. The topological polar surface area (TPSA) is 98.0 Å². The number of nitrogens with zero attached hydrogens (tertiary/aromatic N) is 1. The van der Waals surface area contributed by atoms with Gasteiger partial charge in [-0.25, -0.2) is 0 Å². The van der Waals surface area contributed by atoms with Gasteiger partial charge in [0, 0.05) is 35.1 Å². The molecule has 26 heavy (non-hydrogen) atoms. The van der Waals surface area contributed by atoms with Crippen LogP contribution in [0.2, 0.25) is 0 Å². The molecule has 2 heterocycles. The summed E-state index contributed by atoms with van der Waals surface area (Å²) in [6.07, 6.45) is -0.357. The van der Waals surface area contributed by atoms with Crippen molar-refractivity contribution in [1.29, 1.82) is 0 Å². The molecule has 1 aliphatic heterocycles. The number of H-pyrrole nitrogens is 2. The summed E-state index contributed by atoms with van der Waals surface area (Å²) in [5.74, 6) is -1.41. The summed E-state index contributed by atoms with van der Waals surface area (Å²) in [4.78, 5) is 14.0. The number of likely N-dealkylation sites (N-methyl/N-ethyl adjacent to an activating group) is 1. The van der Waals surface area contributed by atoms with Gasteiger partial charge < -0.3 is 20.2 Å². The van der Waals surface area contributed by atoms with E-state index in [0.29, 0.717) is 11.3 Å². The molecule has 1 saturated carbocycles. The lowest BCUT2D eigenvalue weighted by molar-refractivity contribution is -0.543. The molecule has 6 nitrogen and oxygen atoms in total. The van der Waals surface area contributed by atoms with Crippen LogP contribution in [0.1, 0.15) is 36.6 Å². The molecule has 6 heteroatoms. The van der Waals surface area contributed by atoms with Gasteiger partial charge in [0.05, 0.1) is 0 Å². The third-order valence-electron chi connectivity index (χ3n) is 6.10. The van der Waals surface area contributed by atoms with Crippen molar-refractivity contribution >= 4 is 5.69 Å². The van der Waals surface area contributed by atoms with Crippen molar-refractivity contribution < 1.29 is 10.2 Å². The molecule has 138 valence electrons. The number of aromatic nitrogens is 2. The van der Waals surface area contributed by atoms with Gasteiger partial charge in [0.25, 0.3) is 5.56 Å². The normalized spacial score (nSPS) is 31.2. The van der Waals surface area contributed by atoms with E-state index in [1.165, 1.54) is 5.56 Å². The maximum atomic E-state index is 12.8. The first-order chi connectivity index (χ1) is 12.2. The summed E-state index contributed by atoms with van der Waals surface area (Å²) >= 11 is 0. The Bertz CT molecular complexity index is 930. The van der Waals surface area contributed by atoms with E-state index in [9.17, 15) is 15.0 Å². The van der Waals surface area contributed by atoms with Crippen molar-refractivity contribution in [1.82, 2.24) is 10.2 Å². The van der Waals surface area contributed by atoms with Crippen LogP contribution in [0.4, 0.5) is 5.69 Å². The van der Waals surface area contributed by atoms with Gasteiger partial charge in [0.2, 0.25) is 0 Å². The Morgan fingerprint density at radius 2 is 1.81 bits per heavy atom. The molecule has 2 N–H and O–H groups in total. The Morgan fingerprint density at radius 1 is 1.15 bits per heavy atom. The lowest BCUT2D eigenvalue weighted by Gasteiger charge is -2.60. The molecule has 2 unspecified atom stereocenters. The van der Waals surface area contributed by atoms with Gasteiger partial charge in [-0.15, -0.1) is 12.2 Å². The molecule has 2 atom stereocenters. The van der Waals surface area contributed by atoms with Gasteiger partial charge >= 0.3 is 0 Å². The number of hydrogen-bond acceptors (Lipinski definition) is 4. The summed E-state index contributed by atoms with van der Waals surface area (Å²) in [6, 6.07) is 8.13. The molecule has 2 aliphatic rings. The van der Waals surface area contributed by atoms with E-state index in [1.54, 1.807) is 6.92 Å². The first-order valence-corrected chi connectivity index (χ1v) is 8.89. The number of para-hydroxylation sites is 1. The van der Waals surface area contributed by atoms with Gasteiger partial charge in [-0.3, -0.25) is 9.89 Å². The number of aryl methyl sites for hydroxylation is 1. The highest BCUT2D eigenvalue weighted by Gasteiger charge is 2.43. The van der Waals surface area contributed by atoms with Crippen molar-refractivity contribution in [3.63, 3.8) is 0 Å². The minimum Gasteiger partial charge on any atom is -0.851 e. The fourth-order valence-electron chi connectivity index (χ4n) is 4.57. The SMILES string of the molecule is Cc1[nH][nH]c(=O)c1C1C([O-])C(C=C2N(C)c3ccccc3C2(C)C)C1[O-]. The minimum atomic E-state index is -1.10. The number of anilines is 1. The molecule has 0 spiro atoms. The Kier molecular flexibility index (Phi) is 3.68. The summed E-state index contributed by atoms with van der Waals surface area (Å²) in [5.41, 5.74) is 3.54. The molecule has 1 aromatic carbocycles. The van der Waals surface area contributed by atoms with Crippen LogP contribution in [-0.4, -0.2) is 29.5 Å². The van der Waals surface area contributed by atoms with Crippen molar-refractivity contribution in [3.8, 4) is 0 Å². The molecule has 0 bridgehead atoms. The number of fused-ring (bicyclic) bond motifs is 1. The molecule has 0 saturated heterocycles. The number of rotatable bonds is 2. The van der Waals surface area contributed by atoms with Gasteiger partial charge in [-0.2, -0.15) is 0 Å². The molecule has 1 fully saturated rings. The zero-order valence-electron chi connectivity index (χ0n) is 15.4. The Morgan fingerprint density at radius 3 is 2.38 bits per heavy atom. The lowest BCUT2D eigenvalue weighted by Crippen LogP contribution is -2.65. The first-order valence-electron chi connectivity index (χ1n) is 8.89. The van der Waals surface area contributed by atoms with Gasteiger partial charge in [0.1, 0.15) is 0 Å². The molecule has 1 aliphatic carbocycles. The average molecular weight is 353 g/mol. The van der Waals surface area contributed by atoms with E-state index < -0.39 is 24.0 Å². The fraction of sp³-hybridized carbons (Fsp3) is 0.450. The highest BCUT2D eigenvalue weighted by Crippen LogP contribution is 2.49. The highest BCUT2D eigenvalue weighted by atomic mass is 16.3. The van der Waals surface area contributed by atoms with Crippen molar-refractivity contribution in [3.05, 3.63) is 63.2 Å². The van der Waals surface area contributed by atoms with E-state index in [4.69, 9.17) is 0 Å². The Labute approximate surface area is 152 Å². The lowest BCUT2D eigenvalue weighted by atomic mass is 9.65. The number of allylic oxidation sites excluding steroid dienone is 1. The standard InChI is InChI=1S/C20H23N3O3/c1-10-15(19(26)22-21-10)16-17(24)11(18(16)25)9-14-20(2,3)12-7-5-6-8-13(12)23(14)4/h5-9,11,16-18H,1-4H3,(H2,21,22,26)/q-2. The zero-order chi connectivity index (χ0) is 18.8. The van der Waals surface area contributed by atoms with Crippen LogP contribution >= 0.6 is 0 Å². The predicted molar refractivity (Wildman–Crippen MR) is 95.9 cm³/mol. The summed E-state index contributed by atoms with van der Waals surface area (Å²) in [6.45, 7) is 5.93. The van der Waals surface area contributed by atoms with Crippen LogP contribution in [0.25, 0.3) is 0 Å². The summed E-state index contributed by atoms with van der Waals surface area (Å²) in [5, 5.41) is 30.8. The Hall–Kier alpha value is -2.31. The van der Waals surface area contributed by atoms with E-state index >= 15 is 0 Å². The number of hydrogen-bond donors (Lipinski definition) is 2. The zero-order valence-corrected chi connectivity index (χ0v) is 15.4. The van der Waals surface area contributed by atoms with Crippen molar-refractivity contribution in [2.45, 2.75) is 44.3 Å². The van der Waals surface area contributed by atoms with E-state index in [2.05, 4.69) is 35.0 Å². The Balaban J connectivity index is 1.67. The van der Waals surface area contributed by atoms with E-state index in [-0.39, 0.29) is 11.0 Å². The third-order valence-corrected chi connectivity index (χ3v) is 6.10. The first kappa shape index (κ1) is 17.1. The van der Waals surface area contributed by atoms with Crippen molar-refractivity contribution in [2.75, 3.05) is 11.9 Å². The van der Waals surface area contributed by atoms with E-state index in [0.717, 1.165) is 11.4 Å². The quantitative estimate of drug-likeness (QED) is 0.821. The number of aromatic amines is 2. The number of benzene rings is 1.